The standard InChI is InChI=1S/C18H21ClN2O5S/c1-25-16-7-6-14(19)10-17(16)27(23,24)21-8-2-4-13(12-21)18(22)20-11-15-5-3-9-26-15/h3,5-7,9-10,13H,2,4,8,11-12H2,1H3,(H,20,22)/t13-/m0/s1. The minimum Gasteiger partial charge on any atom is -0.495 e. The molecule has 0 spiro atoms. The molecule has 1 amide bonds. The smallest absolute Gasteiger partial charge is 0.246 e. The lowest BCUT2D eigenvalue weighted by molar-refractivity contribution is -0.126. The van der Waals surface area contributed by atoms with Gasteiger partial charge in [-0.3, -0.25) is 4.79 Å². The summed E-state index contributed by atoms with van der Waals surface area (Å²) in [7, 11) is -2.42. The van der Waals surface area contributed by atoms with E-state index in [1.165, 1.54) is 29.8 Å². The zero-order valence-corrected chi connectivity index (χ0v) is 16.4. The fourth-order valence-electron chi connectivity index (χ4n) is 3.10. The lowest BCUT2D eigenvalue weighted by atomic mass is 9.99. The van der Waals surface area contributed by atoms with Crippen LogP contribution in [-0.4, -0.2) is 38.8 Å². The van der Waals surface area contributed by atoms with Crippen LogP contribution < -0.4 is 10.1 Å². The highest BCUT2D eigenvalue weighted by atomic mass is 35.5. The third-order valence-electron chi connectivity index (χ3n) is 4.52. The van der Waals surface area contributed by atoms with Gasteiger partial charge < -0.3 is 14.5 Å². The molecule has 0 aliphatic carbocycles. The molecule has 1 fully saturated rings. The second-order valence-corrected chi connectivity index (χ2v) is 8.64. The number of methoxy groups -OCH3 is 1. The van der Waals surface area contributed by atoms with E-state index in [1.807, 2.05) is 0 Å². The first kappa shape index (κ1) is 19.7. The van der Waals surface area contributed by atoms with Crippen LogP contribution in [0.5, 0.6) is 5.75 Å². The molecule has 2 aromatic rings. The highest BCUT2D eigenvalue weighted by Crippen LogP contribution is 2.31. The van der Waals surface area contributed by atoms with Crippen molar-refractivity contribution in [2.75, 3.05) is 20.2 Å². The van der Waals surface area contributed by atoms with E-state index in [0.29, 0.717) is 30.2 Å². The van der Waals surface area contributed by atoms with Crippen molar-refractivity contribution in [3.8, 4) is 5.75 Å². The van der Waals surface area contributed by atoms with Crippen molar-refractivity contribution in [1.29, 1.82) is 0 Å². The van der Waals surface area contributed by atoms with Crippen molar-refractivity contribution in [3.63, 3.8) is 0 Å². The fraction of sp³-hybridized carbons (Fsp3) is 0.389. The van der Waals surface area contributed by atoms with Gasteiger partial charge in [-0.2, -0.15) is 4.31 Å². The number of piperidine rings is 1. The minimum absolute atomic E-state index is 0.00847. The van der Waals surface area contributed by atoms with Crippen LogP contribution in [0.2, 0.25) is 5.02 Å². The largest absolute Gasteiger partial charge is 0.495 e. The Morgan fingerprint density at radius 2 is 2.22 bits per heavy atom. The maximum atomic E-state index is 13.1. The van der Waals surface area contributed by atoms with Crippen molar-refractivity contribution in [2.45, 2.75) is 24.3 Å². The van der Waals surface area contributed by atoms with Crippen LogP contribution in [0.1, 0.15) is 18.6 Å². The van der Waals surface area contributed by atoms with Gasteiger partial charge in [0.2, 0.25) is 15.9 Å². The third-order valence-corrected chi connectivity index (χ3v) is 6.64. The van der Waals surface area contributed by atoms with Gasteiger partial charge in [-0.1, -0.05) is 11.6 Å². The molecule has 1 atom stereocenters. The molecule has 9 heteroatoms. The molecule has 0 saturated carbocycles. The van der Waals surface area contributed by atoms with Gasteiger partial charge in [-0.05, 0) is 43.2 Å². The molecule has 1 aromatic heterocycles. The molecule has 1 aliphatic rings. The number of benzene rings is 1. The summed E-state index contributed by atoms with van der Waals surface area (Å²) < 4.78 is 37.8. The quantitative estimate of drug-likeness (QED) is 0.787. The van der Waals surface area contributed by atoms with Gasteiger partial charge >= 0.3 is 0 Å². The van der Waals surface area contributed by atoms with Gasteiger partial charge in [-0.15, -0.1) is 0 Å². The minimum atomic E-state index is -3.83. The van der Waals surface area contributed by atoms with Crippen molar-refractivity contribution in [3.05, 3.63) is 47.4 Å². The SMILES string of the molecule is COc1ccc(Cl)cc1S(=O)(=O)N1CCC[C@H](C(=O)NCc2ccco2)C1. The number of furan rings is 1. The zero-order chi connectivity index (χ0) is 19.4. The Balaban J connectivity index is 1.73. The van der Waals surface area contributed by atoms with Crippen LogP contribution in [-0.2, 0) is 21.4 Å². The lowest BCUT2D eigenvalue weighted by Crippen LogP contribution is -2.45. The van der Waals surface area contributed by atoms with E-state index in [1.54, 1.807) is 18.2 Å². The van der Waals surface area contributed by atoms with Crippen LogP contribution in [0.25, 0.3) is 0 Å². The molecule has 0 radical (unpaired) electrons. The van der Waals surface area contributed by atoms with Gasteiger partial charge in [0.25, 0.3) is 0 Å². The van der Waals surface area contributed by atoms with Crippen molar-refractivity contribution < 1.29 is 22.4 Å². The molecule has 7 nitrogen and oxygen atoms in total. The van der Waals surface area contributed by atoms with Crippen LogP contribution in [0, 0.1) is 5.92 Å². The Hall–Kier alpha value is -2.03. The molecule has 146 valence electrons. The number of hydrogen-bond acceptors (Lipinski definition) is 5. The molecule has 1 aromatic carbocycles. The topological polar surface area (TPSA) is 88.9 Å². The Labute approximate surface area is 163 Å². The van der Waals surface area contributed by atoms with E-state index in [4.69, 9.17) is 20.8 Å². The number of nitrogens with zero attached hydrogens (tertiary/aromatic N) is 1. The fourth-order valence-corrected chi connectivity index (χ4v) is 5.04. The van der Waals surface area contributed by atoms with Crippen molar-refractivity contribution >= 4 is 27.5 Å². The molecule has 1 N–H and O–H groups in total. The molecule has 27 heavy (non-hydrogen) atoms. The monoisotopic (exact) mass is 412 g/mol. The predicted molar refractivity (Wildman–Crippen MR) is 100 cm³/mol. The van der Waals surface area contributed by atoms with Gasteiger partial charge in [0.15, 0.2) is 0 Å². The maximum absolute atomic E-state index is 13.1. The normalized spacial score (nSPS) is 18.2. The zero-order valence-electron chi connectivity index (χ0n) is 14.9. The van der Waals surface area contributed by atoms with E-state index in [0.717, 1.165) is 0 Å². The summed E-state index contributed by atoms with van der Waals surface area (Å²) in [4.78, 5) is 12.5. The molecule has 1 aliphatic heterocycles. The number of halogens is 1. The number of carbonyl (C=O) groups is 1. The summed E-state index contributed by atoms with van der Waals surface area (Å²) in [6.45, 7) is 0.735. The number of carbonyl (C=O) groups excluding carboxylic acids is 1. The number of ether oxygens (including phenoxy) is 1. The summed E-state index contributed by atoms with van der Waals surface area (Å²) in [5.41, 5.74) is 0. The van der Waals surface area contributed by atoms with Gasteiger partial charge in [-0.25, -0.2) is 8.42 Å². The van der Waals surface area contributed by atoms with Crippen LogP contribution in [0.4, 0.5) is 0 Å². The van der Waals surface area contributed by atoms with Gasteiger partial charge in [0.05, 0.1) is 25.8 Å². The molecular formula is C18H21ClN2O5S. The first-order valence-electron chi connectivity index (χ1n) is 8.55. The Morgan fingerprint density at radius 1 is 1.41 bits per heavy atom. The first-order chi connectivity index (χ1) is 12.9. The Morgan fingerprint density at radius 3 is 2.93 bits per heavy atom. The van der Waals surface area contributed by atoms with Crippen LogP contribution in [0.15, 0.2) is 45.9 Å². The summed E-state index contributed by atoms with van der Waals surface area (Å²) in [5.74, 6) is 0.258. The van der Waals surface area contributed by atoms with E-state index < -0.39 is 15.9 Å². The summed E-state index contributed by atoms with van der Waals surface area (Å²) in [5, 5.41) is 3.10. The molecule has 1 saturated heterocycles. The van der Waals surface area contributed by atoms with E-state index >= 15 is 0 Å². The molecule has 0 unspecified atom stereocenters. The number of amides is 1. The number of sulfonamides is 1. The predicted octanol–water partition coefficient (Wildman–Crippen LogP) is 2.66. The molecule has 2 heterocycles. The van der Waals surface area contributed by atoms with Crippen LogP contribution >= 0.6 is 11.6 Å². The second-order valence-electron chi connectivity index (χ2n) is 6.29. The van der Waals surface area contributed by atoms with Crippen molar-refractivity contribution in [1.82, 2.24) is 9.62 Å². The molecule has 0 bridgehead atoms. The highest BCUT2D eigenvalue weighted by Gasteiger charge is 2.35. The number of nitrogens with one attached hydrogen (secondary N) is 1. The highest BCUT2D eigenvalue weighted by molar-refractivity contribution is 7.89. The summed E-state index contributed by atoms with van der Waals surface area (Å²) in [6, 6.07) is 7.97. The Bertz CT molecular complexity index is 898. The number of rotatable bonds is 6. The Kier molecular flexibility index (Phi) is 6.08. The van der Waals surface area contributed by atoms with Crippen molar-refractivity contribution in [2.24, 2.45) is 5.92 Å². The first-order valence-corrected chi connectivity index (χ1v) is 10.4. The third kappa shape index (κ3) is 4.45. The molecule has 3 rings (SSSR count). The number of hydrogen-bond donors (Lipinski definition) is 1. The van der Waals surface area contributed by atoms with E-state index in [2.05, 4.69) is 5.32 Å². The molecular weight excluding hydrogens is 392 g/mol. The maximum Gasteiger partial charge on any atom is 0.246 e. The lowest BCUT2D eigenvalue weighted by Gasteiger charge is -2.31. The van der Waals surface area contributed by atoms with E-state index in [9.17, 15) is 13.2 Å². The summed E-state index contributed by atoms with van der Waals surface area (Å²) >= 11 is 5.98. The van der Waals surface area contributed by atoms with E-state index in [-0.39, 0.29) is 29.6 Å². The van der Waals surface area contributed by atoms with Crippen LogP contribution in [0.3, 0.4) is 0 Å². The second kappa shape index (κ2) is 8.33. The van der Waals surface area contributed by atoms with Gasteiger partial charge in [0.1, 0.15) is 16.4 Å². The summed E-state index contributed by atoms with van der Waals surface area (Å²) in [6.07, 6.45) is 2.76. The average molecular weight is 413 g/mol. The van der Waals surface area contributed by atoms with Gasteiger partial charge in [0, 0.05) is 18.1 Å². The average Bonchev–Trinajstić information content (AvgIpc) is 3.19.